The fourth-order valence-electron chi connectivity index (χ4n) is 4.71. The second kappa shape index (κ2) is 13.5. The van der Waals surface area contributed by atoms with Crippen LogP contribution in [0.5, 0.6) is 0 Å². The number of hydrogen-bond acceptors (Lipinski definition) is 7. The Morgan fingerprint density at radius 2 is 1.71 bits per heavy atom. The Bertz CT molecular complexity index is 1220. The molecule has 38 heavy (non-hydrogen) atoms. The van der Waals surface area contributed by atoms with Crippen molar-refractivity contribution in [1.29, 1.82) is 0 Å². The van der Waals surface area contributed by atoms with Gasteiger partial charge in [-0.2, -0.15) is 0 Å². The standard InChI is InChI=1S/C28H34ClN5O4/c1-21-25(31-38-30-21)17-27(35)33-15-5-13-32(18-22-9-11-24(29)12-10-22)14-6-16-34(28(36)20-37-2)26-8-4-3-7-23(26)19-33/h3-4,7-12H,5-6,13-20H2,1-2H3. The SMILES string of the molecule is COCC(=O)N1CCCN(Cc2ccc(Cl)cc2)CCCN(C(=O)Cc2nonc2C)Cc2ccccc21. The van der Waals surface area contributed by atoms with Gasteiger partial charge in [0.2, 0.25) is 5.91 Å². The summed E-state index contributed by atoms with van der Waals surface area (Å²) in [6, 6.07) is 15.6. The number of rotatable bonds is 6. The van der Waals surface area contributed by atoms with Crippen molar-refractivity contribution in [1.82, 2.24) is 20.1 Å². The number of methoxy groups -OCH3 is 1. The molecule has 2 aromatic carbocycles. The molecular weight excluding hydrogens is 506 g/mol. The highest BCUT2D eigenvalue weighted by molar-refractivity contribution is 6.30. The first-order valence-electron chi connectivity index (χ1n) is 12.8. The summed E-state index contributed by atoms with van der Waals surface area (Å²) in [5, 5.41) is 8.42. The Morgan fingerprint density at radius 1 is 0.974 bits per heavy atom. The summed E-state index contributed by atoms with van der Waals surface area (Å²) in [4.78, 5) is 32.6. The Morgan fingerprint density at radius 3 is 2.42 bits per heavy atom. The van der Waals surface area contributed by atoms with Crippen LogP contribution in [0.15, 0.2) is 53.2 Å². The monoisotopic (exact) mass is 539 g/mol. The molecule has 0 N–H and O–H groups in total. The van der Waals surface area contributed by atoms with Crippen molar-refractivity contribution in [2.45, 2.75) is 39.3 Å². The number of amides is 2. The van der Waals surface area contributed by atoms with E-state index < -0.39 is 0 Å². The van der Waals surface area contributed by atoms with E-state index in [1.807, 2.05) is 53.4 Å². The van der Waals surface area contributed by atoms with E-state index in [-0.39, 0.29) is 24.8 Å². The first-order chi connectivity index (χ1) is 18.4. The van der Waals surface area contributed by atoms with Crippen molar-refractivity contribution in [2.75, 3.05) is 44.8 Å². The number of fused-ring (bicyclic) bond motifs is 1. The fraction of sp³-hybridized carbons (Fsp3) is 0.429. The number of anilines is 1. The van der Waals surface area contributed by atoms with E-state index in [4.69, 9.17) is 21.0 Å². The smallest absolute Gasteiger partial charge is 0.252 e. The van der Waals surface area contributed by atoms with Crippen molar-refractivity contribution < 1.29 is 19.0 Å². The average Bonchev–Trinajstić information content (AvgIpc) is 3.30. The molecule has 2 amide bonds. The number of hydrogen-bond donors (Lipinski definition) is 0. The molecule has 10 heteroatoms. The van der Waals surface area contributed by atoms with E-state index in [9.17, 15) is 9.59 Å². The summed E-state index contributed by atoms with van der Waals surface area (Å²) in [7, 11) is 1.52. The van der Waals surface area contributed by atoms with Crippen molar-refractivity contribution >= 4 is 29.1 Å². The van der Waals surface area contributed by atoms with Gasteiger partial charge in [0, 0.05) is 57.1 Å². The van der Waals surface area contributed by atoms with Gasteiger partial charge in [0.15, 0.2) is 0 Å². The van der Waals surface area contributed by atoms with Gasteiger partial charge >= 0.3 is 0 Å². The third-order valence-electron chi connectivity index (χ3n) is 6.71. The van der Waals surface area contributed by atoms with Crippen molar-refractivity contribution in [3.05, 3.63) is 76.1 Å². The van der Waals surface area contributed by atoms with Gasteiger partial charge in [-0.3, -0.25) is 14.5 Å². The van der Waals surface area contributed by atoms with Gasteiger partial charge in [-0.25, -0.2) is 4.63 Å². The van der Waals surface area contributed by atoms with Crippen LogP contribution in [0.4, 0.5) is 5.69 Å². The highest BCUT2D eigenvalue weighted by Gasteiger charge is 2.24. The number of aryl methyl sites for hydroxylation is 1. The lowest BCUT2D eigenvalue weighted by Crippen LogP contribution is -2.40. The minimum absolute atomic E-state index is 0.0100. The van der Waals surface area contributed by atoms with Crippen LogP contribution in [0.25, 0.3) is 0 Å². The first kappa shape index (κ1) is 27.8. The lowest BCUT2D eigenvalue weighted by atomic mass is 10.1. The van der Waals surface area contributed by atoms with Crippen LogP contribution < -0.4 is 4.90 Å². The van der Waals surface area contributed by atoms with Crippen LogP contribution in [-0.2, 0) is 33.8 Å². The molecule has 0 unspecified atom stereocenters. The molecule has 9 nitrogen and oxygen atoms in total. The van der Waals surface area contributed by atoms with Crippen LogP contribution in [0.2, 0.25) is 5.02 Å². The van der Waals surface area contributed by atoms with Gasteiger partial charge in [0.25, 0.3) is 5.91 Å². The zero-order valence-corrected chi connectivity index (χ0v) is 22.7. The fourth-order valence-corrected chi connectivity index (χ4v) is 4.83. The van der Waals surface area contributed by atoms with Crippen LogP contribution in [0, 0.1) is 6.92 Å². The Hall–Kier alpha value is -3.27. The second-order valence-electron chi connectivity index (χ2n) is 9.51. The molecule has 1 aliphatic rings. The molecule has 1 aliphatic heterocycles. The van der Waals surface area contributed by atoms with E-state index >= 15 is 0 Å². The maximum absolute atomic E-state index is 13.5. The van der Waals surface area contributed by atoms with E-state index in [1.54, 1.807) is 11.8 Å². The Balaban J connectivity index is 1.61. The van der Waals surface area contributed by atoms with E-state index in [1.165, 1.54) is 12.7 Å². The molecule has 0 saturated carbocycles. The van der Waals surface area contributed by atoms with E-state index in [0.717, 1.165) is 43.7 Å². The van der Waals surface area contributed by atoms with Gasteiger partial charge in [-0.1, -0.05) is 52.2 Å². The van der Waals surface area contributed by atoms with Gasteiger partial charge in [-0.05, 0) is 49.1 Å². The number of nitrogens with zero attached hydrogens (tertiary/aromatic N) is 5. The van der Waals surface area contributed by atoms with Crippen LogP contribution >= 0.6 is 11.6 Å². The lowest BCUT2D eigenvalue weighted by molar-refractivity contribution is -0.131. The van der Waals surface area contributed by atoms with E-state index in [2.05, 4.69) is 15.2 Å². The van der Waals surface area contributed by atoms with E-state index in [0.29, 0.717) is 36.0 Å². The quantitative estimate of drug-likeness (QED) is 0.469. The third-order valence-corrected chi connectivity index (χ3v) is 6.96. The zero-order valence-electron chi connectivity index (χ0n) is 21.9. The zero-order chi connectivity index (χ0) is 26.9. The minimum Gasteiger partial charge on any atom is -0.375 e. The van der Waals surface area contributed by atoms with Crippen molar-refractivity contribution in [3.63, 3.8) is 0 Å². The molecule has 0 saturated heterocycles. The molecule has 0 spiro atoms. The number of carbonyl (C=O) groups excluding carboxylic acids is 2. The number of benzene rings is 2. The lowest BCUT2D eigenvalue weighted by Gasteiger charge is -2.31. The van der Waals surface area contributed by atoms with Crippen LogP contribution in [0.3, 0.4) is 0 Å². The molecular formula is C28H34ClN5O4. The number of ether oxygens (including phenoxy) is 1. The summed E-state index contributed by atoms with van der Waals surface area (Å²) in [5.41, 5.74) is 4.03. The number of carbonyl (C=O) groups is 2. The normalized spacial score (nSPS) is 15.4. The van der Waals surface area contributed by atoms with Crippen LogP contribution in [-0.4, -0.2) is 71.8 Å². The molecule has 0 bridgehead atoms. The first-order valence-corrected chi connectivity index (χ1v) is 13.2. The molecule has 1 aromatic heterocycles. The summed E-state index contributed by atoms with van der Waals surface area (Å²) in [6.45, 7) is 5.64. The molecule has 0 fully saturated rings. The molecule has 202 valence electrons. The summed E-state index contributed by atoms with van der Waals surface area (Å²) in [5.74, 6) is -0.168. The van der Waals surface area contributed by atoms with Gasteiger partial charge in [0.1, 0.15) is 18.0 Å². The minimum atomic E-state index is -0.108. The van der Waals surface area contributed by atoms with Crippen molar-refractivity contribution in [3.8, 4) is 0 Å². The third kappa shape index (κ3) is 7.40. The highest BCUT2D eigenvalue weighted by atomic mass is 35.5. The maximum Gasteiger partial charge on any atom is 0.252 e. The predicted molar refractivity (Wildman–Crippen MR) is 145 cm³/mol. The highest BCUT2D eigenvalue weighted by Crippen LogP contribution is 2.24. The number of aromatic nitrogens is 2. The predicted octanol–water partition coefficient (Wildman–Crippen LogP) is 3.88. The molecule has 2 heterocycles. The van der Waals surface area contributed by atoms with Gasteiger partial charge in [0.05, 0.1) is 6.42 Å². The summed E-state index contributed by atoms with van der Waals surface area (Å²) in [6.07, 6.45) is 1.72. The van der Waals surface area contributed by atoms with Crippen molar-refractivity contribution in [2.24, 2.45) is 0 Å². The molecule has 3 aromatic rings. The Labute approximate surface area is 228 Å². The molecule has 0 radical (unpaired) electrons. The van der Waals surface area contributed by atoms with Crippen LogP contribution in [0.1, 0.15) is 35.4 Å². The topological polar surface area (TPSA) is 92.0 Å². The molecule has 0 aliphatic carbocycles. The second-order valence-corrected chi connectivity index (χ2v) is 9.94. The largest absolute Gasteiger partial charge is 0.375 e. The number of halogens is 1. The Kier molecular flexibility index (Phi) is 9.86. The molecule has 4 rings (SSSR count). The summed E-state index contributed by atoms with van der Waals surface area (Å²) < 4.78 is 9.99. The summed E-state index contributed by atoms with van der Waals surface area (Å²) >= 11 is 6.08. The average molecular weight is 540 g/mol. The maximum atomic E-state index is 13.5. The number of para-hydroxylation sites is 1. The van der Waals surface area contributed by atoms with Gasteiger partial charge in [-0.15, -0.1) is 0 Å². The molecule has 0 atom stereocenters. The van der Waals surface area contributed by atoms with Gasteiger partial charge < -0.3 is 14.5 Å².